The molecule has 1 aromatic rings. The van der Waals surface area contributed by atoms with Gasteiger partial charge in [0.1, 0.15) is 0 Å². The van der Waals surface area contributed by atoms with Crippen molar-refractivity contribution in [1.29, 1.82) is 0 Å². The molecule has 0 radical (unpaired) electrons. The second kappa shape index (κ2) is 8.92. The van der Waals surface area contributed by atoms with Crippen LogP contribution in [0.3, 0.4) is 0 Å². The molecular weight excluding hydrogens is 352 g/mol. The molecule has 0 atom stereocenters. The van der Waals surface area contributed by atoms with E-state index in [9.17, 15) is 8.42 Å². The first-order chi connectivity index (χ1) is 8.49. The van der Waals surface area contributed by atoms with Gasteiger partial charge in [0.25, 0.3) is 0 Å². The van der Waals surface area contributed by atoms with Gasteiger partial charge in [-0.2, -0.15) is 0 Å². The molecule has 1 rings (SSSR count). The van der Waals surface area contributed by atoms with E-state index in [2.05, 4.69) is 32.9 Å². The van der Waals surface area contributed by atoms with Gasteiger partial charge in [0, 0.05) is 17.6 Å². The Morgan fingerprint density at radius 1 is 1.21 bits per heavy atom. The molecule has 0 bridgehead atoms. The van der Waals surface area contributed by atoms with Crippen molar-refractivity contribution in [2.45, 2.75) is 25.2 Å². The van der Waals surface area contributed by atoms with E-state index < -0.39 is 10.0 Å². The number of hydrogen-bond acceptors (Lipinski definition) is 3. The first-order valence-electron chi connectivity index (χ1n) is 5.94. The summed E-state index contributed by atoms with van der Waals surface area (Å²) in [5, 5.41) is 3.15. The van der Waals surface area contributed by atoms with Gasteiger partial charge in [0.05, 0.1) is 4.90 Å². The molecule has 0 aliphatic carbocycles. The molecule has 110 valence electrons. The zero-order valence-electron chi connectivity index (χ0n) is 11.1. The summed E-state index contributed by atoms with van der Waals surface area (Å²) in [4.78, 5) is 0.326. The van der Waals surface area contributed by atoms with E-state index in [-0.39, 0.29) is 12.4 Å². The highest BCUT2D eigenvalue weighted by atomic mass is 79.9. The van der Waals surface area contributed by atoms with Crippen LogP contribution in [0.15, 0.2) is 27.6 Å². The van der Waals surface area contributed by atoms with Gasteiger partial charge in [0.15, 0.2) is 0 Å². The van der Waals surface area contributed by atoms with Gasteiger partial charge in [-0.25, -0.2) is 13.1 Å². The summed E-state index contributed by atoms with van der Waals surface area (Å²) >= 11 is 3.34. The lowest BCUT2D eigenvalue weighted by atomic mass is 10.2. The Morgan fingerprint density at radius 2 is 1.89 bits per heavy atom. The third-order valence-corrected chi connectivity index (χ3v) is 4.99. The second-order valence-corrected chi connectivity index (χ2v) is 6.60. The highest BCUT2D eigenvalue weighted by molar-refractivity contribution is 9.10. The molecule has 0 aliphatic rings. The van der Waals surface area contributed by atoms with Crippen molar-refractivity contribution in [2.75, 3.05) is 19.6 Å². The van der Waals surface area contributed by atoms with Gasteiger partial charge in [0.2, 0.25) is 10.0 Å². The molecule has 2 N–H and O–H groups in total. The van der Waals surface area contributed by atoms with Gasteiger partial charge >= 0.3 is 0 Å². The summed E-state index contributed by atoms with van der Waals surface area (Å²) in [6, 6.07) is 5.17. The van der Waals surface area contributed by atoms with Crippen LogP contribution in [-0.4, -0.2) is 28.1 Å². The van der Waals surface area contributed by atoms with Gasteiger partial charge in [-0.15, -0.1) is 12.4 Å². The fourth-order valence-corrected chi connectivity index (χ4v) is 3.33. The predicted octanol–water partition coefficient (Wildman–Crippen LogP) is 2.46. The summed E-state index contributed by atoms with van der Waals surface area (Å²) in [6.07, 6.45) is 1.04. The Kier molecular flexibility index (Phi) is 8.85. The highest BCUT2D eigenvalue weighted by Gasteiger charge is 2.16. The minimum atomic E-state index is -3.42. The van der Waals surface area contributed by atoms with E-state index in [1.54, 1.807) is 19.1 Å². The number of benzene rings is 1. The standard InChI is InChI=1S/C12H19BrN2O2S.ClH/c1-3-7-14-8-9-15-18(16,17)12-6-4-5-11(13)10(12)2;/h4-6,14-15H,3,7-9H2,1-2H3;1H. The Bertz CT molecular complexity index is 495. The van der Waals surface area contributed by atoms with Crippen LogP contribution in [0.1, 0.15) is 18.9 Å². The molecule has 0 spiro atoms. The molecule has 0 unspecified atom stereocenters. The maximum absolute atomic E-state index is 12.1. The van der Waals surface area contributed by atoms with Crippen LogP contribution in [0.25, 0.3) is 0 Å². The molecule has 19 heavy (non-hydrogen) atoms. The lowest BCUT2D eigenvalue weighted by Gasteiger charge is -2.10. The molecule has 0 heterocycles. The van der Waals surface area contributed by atoms with Crippen LogP contribution in [0.4, 0.5) is 0 Å². The molecule has 7 heteroatoms. The smallest absolute Gasteiger partial charge is 0.240 e. The van der Waals surface area contributed by atoms with Gasteiger partial charge in [-0.05, 0) is 37.6 Å². The maximum atomic E-state index is 12.1. The summed E-state index contributed by atoms with van der Waals surface area (Å²) in [7, 11) is -3.42. The van der Waals surface area contributed by atoms with Crippen molar-refractivity contribution in [1.82, 2.24) is 10.0 Å². The third kappa shape index (κ3) is 5.79. The van der Waals surface area contributed by atoms with Crippen molar-refractivity contribution >= 4 is 38.4 Å². The van der Waals surface area contributed by atoms with Crippen molar-refractivity contribution in [3.05, 3.63) is 28.2 Å². The highest BCUT2D eigenvalue weighted by Crippen LogP contribution is 2.22. The fourth-order valence-electron chi connectivity index (χ4n) is 1.53. The van der Waals surface area contributed by atoms with Gasteiger partial charge in [-0.3, -0.25) is 0 Å². The Labute approximate surface area is 130 Å². The number of halogens is 2. The summed E-state index contributed by atoms with van der Waals surface area (Å²) in [5.41, 5.74) is 0.728. The number of nitrogens with one attached hydrogen (secondary N) is 2. The minimum Gasteiger partial charge on any atom is -0.315 e. The van der Waals surface area contributed by atoms with Crippen molar-refractivity contribution in [3.8, 4) is 0 Å². The molecule has 0 saturated heterocycles. The third-order valence-electron chi connectivity index (χ3n) is 2.53. The van der Waals surface area contributed by atoms with Crippen molar-refractivity contribution in [2.24, 2.45) is 0 Å². The Morgan fingerprint density at radius 3 is 2.53 bits per heavy atom. The van der Waals surface area contributed by atoms with Crippen molar-refractivity contribution in [3.63, 3.8) is 0 Å². The second-order valence-electron chi connectivity index (χ2n) is 4.01. The Hall–Kier alpha value is -0.140. The van der Waals surface area contributed by atoms with Crippen LogP contribution in [0.5, 0.6) is 0 Å². The van der Waals surface area contributed by atoms with E-state index in [4.69, 9.17) is 0 Å². The monoisotopic (exact) mass is 370 g/mol. The molecule has 0 fully saturated rings. The summed E-state index contributed by atoms with van der Waals surface area (Å²) in [6.45, 7) is 5.79. The van der Waals surface area contributed by atoms with Crippen LogP contribution in [0, 0.1) is 6.92 Å². The lowest BCUT2D eigenvalue weighted by molar-refractivity contribution is 0.575. The molecular formula is C12H20BrClN2O2S. The van der Waals surface area contributed by atoms with Crippen LogP contribution >= 0.6 is 28.3 Å². The minimum absolute atomic E-state index is 0. The summed E-state index contributed by atoms with van der Waals surface area (Å²) in [5.74, 6) is 0. The lowest BCUT2D eigenvalue weighted by Crippen LogP contribution is -2.32. The number of rotatable bonds is 7. The van der Waals surface area contributed by atoms with E-state index >= 15 is 0 Å². The zero-order valence-corrected chi connectivity index (χ0v) is 14.3. The van der Waals surface area contributed by atoms with Crippen LogP contribution < -0.4 is 10.0 Å². The number of hydrogen-bond donors (Lipinski definition) is 2. The normalized spacial score (nSPS) is 11.1. The fraction of sp³-hybridized carbons (Fsp3) is 0.500. The average molecular weight is 372 g/mol. The molecule has 0 saturated carbocycles. The van der Waals surface area contributed by atoms with E-state index in [1.807, 2.05) is 6.07 Å². The zero-order chi connectivity index (χ0) is 13.6. The van der Waals surface area contributed by atoms with E-state index in [0.717, 1.165) is 23.0 Å². The van der Waals surface area contributed by atoms with Crippen molar-refractivity contribution < 1.29 is 8.42 Å². The molecule has 1 aromatic carbocycles. The molecule has 4 nitrogen and oxygen atoms in total. The topological polar surface area (TPSA) is 58.2 Å². The molecule has 0 aliphatic heterocycles. The Balaban J connectivity index is 0.00000324. The predicted molar refractivity (Wildman–Crippen MR) is 84.5 cm³/mol. The first kappa shape index (κ1) is 18.9. The summed E-state index contributed by atoms with van der Waals surface area (Å²) < 4.78 is 27.5. The van der Waals surface area contributed by atoms with E-state index in [0.29, 0.717) is 18.0 Å². The molecule has 0 aromatic heterocycles. The van der Waals surface area contributed by atoms with Crippen LogP contribution in [-0.2, 0) is 10.0 Å². The van der Waals surface area contributed by atoms with Crippen LogP contribution in [0.2, 0.25) is 0 Å². The number of sulfonamides is 1. The SMILES string of the molecule is CCCNCCNS(=O)(=O)c1cccc(Br)c1C.Cl. The largest absolute Gasteiger partial charge is 0.315 e. The first-order valence-corrected chi connectivity index (χ1v) is 8.22. The van der Waals surface area contributed by atoms with E-state index in [1.165, 1.54) is 0 Å². The average Bonchev–Trinajstić information content (AvgIpc) is 2.32. The molecule has 0 amide bonds. The maximum Gasteiger partial charge on any atom is 0.240 e. The van der Waals surface area contributed by atoms with Gasteiger partial charge < -0.3 is 5.32 Å². The quantitative estimate of drug-likeness (QED) is 0.724. The van der Waals surface area contributed by atoms with Gasteiger partial charge in [-0.1, -0.05) is 28.9 Å².